The van der Waals surface area contributed by atoms with Crippen molar-refractivity contribution in [3.05, 3.63) is 30.4 Å². The number of H-pyrrole nitrogens is 1. The smallest absolute Gasteiger partial charge is 0.134 e. The summed E-state index contributed by atoms with van der Waals surface area (Å²) in [5.74, 6) is 1.68. The molecule has 1 fully saturated rings. The van der Waals surface area contributed by atoms with Crippen molar-refractivity contribution in [3.8, 4) is 0 Å². The Morgan fingerprint density at radius 1 is 1.35 bits per heavy atom. The van der Waals surface area contributed by atoms with Gasteiger partial charge >= 0.3 is 0 Å². The molecule has 1 saturated heterocycles. The second-order valence-corrected chi connectivity index (χ2v) is 5.00. The SMILES string of the molecule is CNc1cc(N2CCC(O)(c3ccn[nH]3)CC2)ncn1. The quantitative estimate of drug-likeness (QED) is 0.764. The largest absolute Gasteiger partial charge is 0.383 e. The van der Waals surface area contributed by atoms with Crippen LogP contribution in [0.4, 0.5) is 11.6 Å². The van der Waals surface area contributed by atoms with Crippen LogP contribution in [0, 0.1) is 0 Å². The van der Waals surface area contributed by atoms with Gasteiger partial charge in [0.05, 0.1) is 5.69 Å². The summed E-state index contributed by atoms with van der Waals surface area (Å²) in [6, 6.07) is 3.75. The fraction of sp³-hybridized carbons (Fsp3) is 0.462. The first-order valence-corrected chi connectivity index (χ1v) is 6.68. The summed E-state index contributed by atoms with van der Waals surface area (Å²) in [6.07, 6.45) is 4.52. The lowest BCUT2D eigenvalue weighted by Crippen LogP contribution is -2.43. The second kappa shape index (κ2) is 5.09. The number of aliphatic hydroxyl groups is 1. The Morgan fingerprint density at radius 3 is 2.80 bits per heavy atom. The van der Waals surface area contributed by atoms with Crippen molar-refractivity contribution in [1.82, 2.24) is 20.2 Å². The molecule has 20 heavy (non-hydrogen) atoms. The van der Waals surface area contributed by atoms with E-state index in [9.17, 15) is 5.11 Å². The molecule has 0 aromatic carbocycles. The molecule has 0 amide bonds. The molecule has 106 valence electrons. The average Bonchev–Trinajstić information content (AvgIpc) is 3.03. The lowest BCUT2D eigenvalue weighted by molar-refractivity contribution is 0.00746. The van der Waals surface area contributed by atoms with Gasteiger partial charge in [0.25, 0.3) is 0 Å². The zero-order valence-electron chi connectivity index (χ0n) is 11.4. The maximum absolute atomic E-state index is 10.7. The summed E-state index contributed by atoms with van der Waals surface area (Å²) in [7, 11) is 1.83. The Hall–Kier alpha value is -2.15. The van der Waals surface area contributed by atoms with Gasteiger partial charge in [0.15, 0.2) is 0 Å². The number of aromatic amines is 1. The van der Waals surface area contributed by atoms with E-state index in [1.165, 1.54) is 0 Å². The first kappa shape index (κ1) is 12.9. The molecule has 2 aromatic heterocycles. The minimum Gasteiger partial charge on any atom is -0.383 e. The first-order chi connectivity index (χ1) is 9.71. The van der Waals surface area contributed by atoms with Crippen LogP contribution in [-0.2, 0) is 5.60 Å². The van der Waals surface area contributed by atoms with E-state index in [1.54, 1.807) is 12.5 Å². The Morgan fingerprint density at radius 2 is 2.15 bits per heavy atom. The monoisotopic (exact) mass is 274 g/mol. The van der Waals surface area contributed by atoms with Gasteiger partial charge in [-0.05, 0) is 18.9 Å². The summed E-state index contributed by atoms with van der Waals surface area (Å²) in [5, 5.41) is 20.4. The number of hydrogen-bond acceptors (Lipinski definition) is 6. The molecule has 2 aromatic rings. The number of rotatable bonds is 3. The number of nitrogens with zero attached hydrogens (tertiary/aromatic N) is 4. The number of piperidine rings is 1. The van der Waals surface area contributed by atoms with E-state index >= 15 is 0 Å². The van der Waals surface area contributed by atoms with Gasteiger partial charge in [0, 0.05) is 32.4 Å². The number of nitrogens with one attached hydrogen (secondary N) is 2. The van der Waals surface area contributed by atoms with Crippen LogP contribution in [0.5, 0.6) is 0 Å². The van der Waals surface area contributed by atoms with Gasteiger partial charge in [-0.2, -0.15) is 5.10 Å². The van der Waals surface area contributed by atoms with Gasteiger partial charge in [0.2, 0.25) is 0 Å². The van der Waals surface area contributed by atoms with Crippen molar-refractivity contribution in [3.63, 3.8) is 0 Å². The fourth-order valence-electron chi connectivity index (χ4n) is 2.55. The zero-order valence-corrected chi connectivity index (χ0v) is 11.4. The molecule has 1 aliphatic rings. The third-order valence-electron chi connectivity index (χ3n) is 3.83. The maximum atomic E-state index is 10.7. The Balaban J connectivity index is 1.72. The molecule has 0 atom stereocenters. The van der Waals surface area contributed by atoms with Gasteiger partial charge in [-0.25, -0.2) is 9.97 Å². The van der Waals surface area contributed by atoms with Crippen LogP contribution in [0.3, 0.4) is 0 Å². The molecule has 3 heterocycles. The lowest BCUT2D eigenvalue weighted by atomic mass is 9.88. The van der Waals surface area contributed by atoms with E-state index in [-0.39, 0.29) is 0 Å². The summed E-state index contributed by atoms with van der Waals surface area (Å²) in [6.45, 7) is 1.49. The van der Waals surface area contributed by atoms with Crippen molar-refractivity contribution >= 4 is 11.6 Å². The van der Waals surface area contributed by atoms with Crippen LogP contribution in [0.25, 0.3) is 0 Å². The first-order valence-electron chi connectivity index (χ1n) is 6.68. The summed E-state index contributed by atoms with van der Waals surface area (Å²) in [5.41, 5.74) is -0.0259. The van der Waals surface area contributed by atoms with Gasteiger partial charge in [0.1, 0.15) is 23.6 Å². The minimum absolute atomic E-state index is 0.647. The van der Waals surface area contributed by atoms with E-state index < -0.39 is 5.60 Å². The lowest BCUT2D eigenvalue weighted by Gasteiger charge is -2.38. The molecular weight excluding hydrogens is 256 g/mol. The van der Waals surface area contributed by atoms with Crippen molar-refractivity contribution in [2.24, 2.45) is 0 Å². The van der Waals surface area contributed by atoms with Crippen LogP contribution >= 0.6 is 0 Å². The number of hydrogen-bond donors (Lipinski definition) is 3. The van der Waals surface area contributed by atoms with Crippen molar-refractivity contribution in [1.29, 1.82) is 0 Å². The molecule has 0 bridgehead atoms. The van der Waals surface area contributed by atoms with Crippen LogP contribution in [0.1, 0.15) is 18.5 Å². The number of anilines is 2. The van der Waals surface area contributed by atoms with Gasteiger partial charge in [-0.15, -0.1) is 0 Å². The molecule has 7 heteroatoms. The molecule has 3 N–H and O–H groups in total. The predicted molar refractivity (Wildman–Crippen MR) is 75.5 cm³/mol. The Labute approximate surface area is 117 Å². The second-order valence-electron chi connectivity index (χ2n) is 5.00. The molecule has 7 nitrogen and oxygen atoms in total. The third kappa shape index (κ3) is 2.32. The highest BCUT2D eigenvalue weighted by molar-refractivity contribution is 5.48. The van der Waals surface area contributed by atoms with Crippen LogP contribution < -0.4 is 10.2 Å². The van der Waals surface area contributed by atoms with Gasteiger partial charge < -0.3 is 15.3 Å². The Kier molecular flexibility index (Phi) is 3.27. The van der Waals surface area contributed by atoms with E-state index in [4.69, 9.17) is 0 Å². The molecule has 3 rings (SSSR count). The summed E-state index contributed by atoms with van der Waals surface area (Å²) >= 11 is 0. The standard InChI is InChI=1S/C13H18N6O/c1-14-11-8-12(16-9-15-11)19-6-3-13(20,4-7-19)10-2-5-17-18-10/h2,5,8-9,20H,3-4,6-7H2,1H3,(H,17,18)(H,14,15,16). The molecule has 0 aliphatic carbocycles. The summed E-state index contributed by atoms with van der Waals surface area (Å²) in [4.78, 5) is 10.6. The normalized spacial score (nSPS) is 18.0. The molecule has 0 radical (unpaired) electrons. The van der Waals surface area contributed by atoms with Crippen LogP contribution in [0.2, 0.25) is 0 Å². The highest BCUT2D eigenvalue weighted by atomic mass is 16.3. The predicted octanol–water partition coefficient (Wildman–Crippen LogP) is 0.729. The average molecular weight is 274 g/mol. The highest BCUT2D eigenvalue weighted by Gasteiger charge is 2.35. The van der Waals surface area contributed by atoms with Gasteiger partial charge in [-0.1, -0.05) is 0 Å². The third-order valence-corrected chi connectivity index (χ3v) is 3.83. The van der Waals surface area contributed by atoms with Crippen LogP contribution in [0.15, 0.2) is 24.7 Å². The van der Waals surface area contributed by atoms with E-state index in [1.807, 2.05) is 19.2 Å². The van der Waals surface area contributed by atoms with E-state index in [0.717, 1.165) is 30.4 Å². The number of aromatic nitrogens is 4. The molecule has 1 aliphatic heterocycles. The van der Waals surface area contributed by atoms with Crippen molar-refractivity contribution < 1.29 is 5.11 Å². The minimum atomic E-state index is -0.814. The molecular formula is C13H18N6O. The zero-order chi connectivity index (χ0) is 14.0. The maximum Gasteiger partial charge on any atom is 0.134 e. The van der Waals surface area contributed by atoms with E-state index in [2.05, 4.69) is 30.4 Å². The molecule has 0 saturated carbocycles. The highest BCUT2D eigenvalue weighted by Crippen LogP contribution is 2.32. The van der Waals surface area contributed by atoms with Crippen molar-refractivity contribution in [2.45, 2.75) is 18.4 Å². The topological polar surface area (TPSA) is 90.0 Å². The van der Waals surface area contributed by atoms with E-state index in [0.29, 0.717) is 12.8 Å². The van der Waals surface area contributed by atoms with Crippen molar-refractivity contribution in [2.75, 3.05) is 30.4 Å². The fourth-order valence-corrected chi connectivity index (χ4v) is 2.55. The summed E-state index contributed by atoms with van der Waals surface area (Å²) < 4.78 is 0. The molecule has 0 spiro atoms. The van der Waals surface area contributed by atoms with Gasteiger partial charge in [-0.3, -0.25) is 5.10 Å². The van der Waals surface area contributed by atoms with Crippen LogP contribution in [-0.4, -0.2) is 45.4 Å². The molecule has 0 unspecified atom stereocenters. The Bertz CT molecular complexity index is 562.